The molecule has 140 valence electrons. The first-order chi connectivity index (χ1) is 11.9. The number of rotatable bonds is 4. The SMILES string of the molecule is CCS(=O)(=O)N1CCN(c2nc(C)cc(N3CCN(C)CC3)n2)CC1. The third kappa shape index (κ3) is 4.21. The van der Waals surface area contributed by atoms with E-state index in [-0.39, 0.29) is 5.75 Å². The van der Waals surface area contributed by atoms with E-state index in [1.54, 1.807) is 11.2 Å². The van der Waals surface area contributed by atoms with Crippen LogP contribution in [0.25, 0.3) is 0 Å². The molecule has 25 heavy (non-hydrogen) atoms. The van der Waals surface area contributed by atoms with Crippen LogP contribution < -0.4 is 9.80 Å². The average Bonchev–Trinajstić information content (AvgIpc) is 2.62. The van der Waals surface area contributed by atoms with Crippen molar-refractivity contribution in [3.05, 3.63) is 11.8 Å². The van der Waals surface area contributed by atoms with Gasteiger partial charge >= 0.3 is 0 Å². The van der Waals surface area contributed by atoms with Crippen LogP contribution in [-0.4, -0.2) is 92.7 Å². The van der Waals surface area contributed by atoms with Gasteiger partial charge in [-0.15, -0.1) is 0 Å². The van der Waals surface area contributed by atoms with Gasteiger partial charge in [0.25, 0.3) is 0 Å². The molecule has 0 bridgehead atoms. The lowest BCUT2D eigenvalue weighted by molar-refractivity contribution is 0.312. The fourth-order valence-corrected chi connectivity index (χ4v) is 4.31. The maximum Gasteiger partial charge on any atom is 0.227 e. The lowest BCUT2D eigenvalue weighted by Gasteiger charge is -2.36. The Kier molecular flexibility index (Phi) is 5.45. The molecule has 2 aliphatic heterocycles. The van der Waals surface area contributed by atoms with Crippen LogP contribution in [0, 0.1) is 6.92 Å². The van der Waals surface area contributed by atoms with Crippen LogP contribution in [-0.2, 0) is 10.0 Å². The Hall–Kier alpha value is -1.45. The number of likely N-dealkylation sites (N-methyl/N-ethyl adjacent to an activating group) is 1. The van der Waals surface area contributed by atoms with Gasteiger partial charge in [-0.25, -0.2) is 13.4 Å². The number of aromatic nitrogens is 2. The Morgan fingerprint density at radius 3 is 2.16 bits per heavy atom. The topological polar surface area (TPSA) is 72.9 Å². The van der Waals surface area contributed by atoms with Crippen LogP contribution in [0.5, 0.6) is 0 Å². The van der Waals surface area contributed by atoms with Crippen LogP contribution in [0.1, 0.15) is 12.6 Å². The van der Waals surface area contributed by atoms with Crippen LogP contribution in [0.2, 0.25) is 0 Å². The third-order valence-electron chi connectivity index (χ3n) is 4.94. The molecule has 8 nitrogen and oxygen atoms in total. The van der Waals surface area contributed by atoms with Gasteiger partial charge in [0.05, 0.1) is 5.75 Å². The first kappa shape index (κ1) is 18.3. The van der Waals surface area contributed by atoms with Gasteiger partial charge in [-0.3, -0.25) is 0 Å². The summed E-state index contributed by atoms with van der Waals surface area (Å²) >= 11 is 0. The predicted octanol–water partition coefficient (Wildman–Crippen LogP) is 0.00852. The van der Waals surface area contributed by atoms with Gasteiger partial charge in [0.1, 0.15) is 5.82 Å². The van der Waals surface area contributed by atoms with Gasteiger partial charge in [0.15, 0.2) is 0 Å². The fraction of sp³-hybridized carbons (Fsp3) is 0.750. The van der Waals surface area contributed by atoms with Crippen molar-refractivity contribution in [1.29, 1.82) is 0 Å². The van der Waals surface area contributed by atoms with E-state index in [1.807, 2.05) is 13.0 Å². The number of aryl methyl sites for hydroxylation is 1. The molecule has 2 aliphatic rings. The van der Waals surface area contributed by atoms with Gasteiger partial charge in [-0.1, -0.05) is 0 Å². The van der Waals surface area contributed by atoms with Crippen molar-refractivity contribution in [2.24, 2.45) is 0 Å². The standard InChI is InChI=1S/C16H28N6O2S/c1-4-25(23,24)22-11-9-21(10-12-22)16-17-14(2)13-15(18-16)20-7-5-19(3)6-8-20/h13H,4-12H2,1-3H3. The van der Waals surface area contributed by atoms with E-state index in [1.165, 1.54) is 0 Å². The fourth-order valence-electron chi connectivity index (χ4n) is 3.22. The molecule has 3 rings (SSSR count). The van der Waals surface area contributed by atoms with Gasteiger partial charge < -0.3 is 14.7 Å². The zero-order chi connectivity index (χ0) is 18.0. The summed E-state index contributed by atoms with van der Waals surface area (Å²) in [4.78, 5) is 16.1. The van der Waals surface area contributed by atoms with Gasteiger partial charge in [-0.2, -0.15) is 9.29 Å². The van der Waals surface area contributed by atoms with Crippen LogP contribution in [0.3, 0.4) is 0 Å². The van der Waals surface area contributed by atoms with E-state index in [2.05, 4.69) is 26.7 Å². The molecule has 3 heterocycles. The second-order valence-electron chi connectivity index (χ2n) is 6.74. The van der Waals surface area contributed by atoms with Crippen molar-refractivity contribution in [2.75, 3.05) is 75.0 Å². The lowest BCUT2D eigenvalue weighted by Crippen LogP contribution is -2.49. The number of piperazine rings is 2. The zero-order valence-electron chi connectivity index (χ0n) is 15.3. The molecule has 0 aromatic carbocycles. The summed E-state index contributed by atoms with van der Waals surface area (Å²) in [5.41, 5.74) is 0.947. The van der Waals surface area contributed by atoms with E-state index in [0.29, 0.717) is 32.1 Å². The Morgan fingerprint density at radius 2 is 1.56 bits per heavy atom. The highest BCUT2D eigenvalue weighted by molar-refractivity contribution is 7.89. The maximum absolute atomic E-state index is 12.0. The molecule has 0 N–H and O–H groups in total. The highest BCUT2D eigenvalue weighted by Gasteiger charge is 2.27. The van der Waals surface area contributed by atoms with E-state index in [0.717, 1.165) is 37.7 Å². The molecular weight excluding hydrogens is 340 g/mol. The number of hydrogen-bond donors (Lipinski definition) is 0. The first-order valence-corrected chi connectivity index (χ1v) is 10.5. The number of sulfonamides is 1. The minimum Gasteiger partial charge on any atom is -0.354 e. The Balaban J connectivity index is 1.71. The van der Waals surface area contributed by atoms with Crippen molar-refractivity contribution in [2.45, 2.75) is 13.8 Å². The molecule has 1 aromatic rings. The number of anilines is 2. The quantitative estimate of drug-likeness (QED) is 0.741. The highest BCUT2D eigenvalue weighted by Crippen LogP contribution is 2.20. The minimum atomic E-state index is -3.11. The van der Waals surface area contributed by atoms with Crippen molar-refractivity contribution in [3.8, 4) is 0 Å². The Labute approximate surface area is 150 Å². The van der Waals surface area contributed by atoms with Crippen molar-refractivity contribution >= 4 is 21.8 Å². The minimum absolute atomic E-state index is 0.154. The summed E-state index contributed by atoms with van der Waals surface area (Å²) in [7, 11) is -0.976. The molecule has 0 amide bonds. The van der Waals surface area contributed by atoms with Gasteiger partial charge in [0.2, 0.25) is 16.0 Å². The summed E-state index contributed by atoms with van der Waals surface area (Å²) < 4.78 is 25.6. The van der Waals surface area contributed by atoms with Crippen molar-refractivity contribution in [1.82, 2.24) is 19.2 Å². The molecule has 0 spiro atoms. The Bertz CT molecular complexity index is 695. The van der Waals surface area contributed by atoms with Crippen LogP contribution >= 0.6 is 0 Å². The normalized spacial score (nSPS) is 20.9. The lowest BCUT2D eigenvalue weighted by atomic mass is 10.3. The summed E-state index contributed by atoms with van der Waals surface area (Å²) in [6.45, 7) is 9.93. The summed E-state index contributed by atoms with van der Waals surface area (Å²) in [5.74, 6) is 1.84. The smallest absolute Gasteiger partial charge is 0.227 e. The molecule has 0 saturated carbocycles. The average molecular weight is 369 g/mol. The number of nitrogens with zero attached hydrogens (tertiary/aromatic N) is 6. The van der Waals surface area contributed by atoms with Crippen LogP contribution in [0.4, 0.5) is 11.8 Å². The predicted molar refractivity (Wildman–Crippen MR) is 99.7 cm³/mol. The van der Waals surface area contributed by atoms with E-state index in [4.69, 9.17) is 4.98 Å². The molecule has 9 heteroatoms. The van der Waals surface area contributed by atoms with Crippen molar-refractivity contribution < 1.29 is 8.42 Å². The van der Waals surface area contributed by atoms with E-state index >= 15 is 0 Å². The molecule has 0 atom stereocenters. The zero-order valence-corrected chi connectivity index (χ0v) is 16.2. The molecule has 1 aromatic heterocycles. The van der Waals surface area contributed by atoms with Gasteiger partial charge in [0, 0.05) is 64.1 Å². The molecule has 2 fully saturated rings. The Morgan fingerprint density at radius 1 is 0.960 bits per heavy atom. The second-order valence-corrected chi connectivity index (χ2v) is 9.00. The molecule has 0 radical (unpaired) electrons. The van der Waals surface area contributed by atoms with Crippen molar-refractivity contribution in [3.63, 3.8) is 0 Å². The van der Waals surface area contributed by atoms with Crippen LogP contribution in [0.15, 0.2) is 6.07 Å². The summed E-state index contributed by atoms with van der Waals surface area (Å²) in [6.07, 6.45) is 0. The summed E-state index contributed by atoms with van der Waals surface area (Å²) in [5, 5.41) is 0. The van der Waals surface area contributed by atoms with E-state index < -0.39 is 10.0 Å². The van der Waals surface area contributed by atoms with E-state index in [9.17, 15) is 8.42 Å². The largest absolute Gasteiger partial charge is 0.354 e. The monoisotopic (exact) mass is 368 g/mol. The molecule has 0 unspecified atom stereocenters. The highest BCUT2D eigenvalue weighted by atomic mass is 32.2. The van der Waals surface area contributed by atoms with Gasteiger partial charge in [-0.05, 0) is 20.9 Å². The third-order valence-corrected chi connectivity index (χ3v) is 6.82. The number of hydrogen-bond acceptors (Lipinski definition) is 7. The first-order valence-electron chi connectivity index (χ1n) is 8.91. The summed E-state index contributed by atoms with van der Waals surface area (Å²) in [6, 6.07) is 2.03. The maximum atomic E-state index is 12.0. The molecule has 2 saturated heterocycles. The molecular formula is C16H28N6O2S. The second kappa shape index (κ2) is 7.43. The molecule has 0 aliphatic carbocycles.